The van der Waals surface area contributed by atoms with Gasteiger partial charge in [0.2, 0.25) is 0 Å². The lowest BCUT2D eigenvalue weighted by Gasteiger charge is -2.07. The minimum Gasteiger partial charge on any atom is -0.198 e. The molecule has 0 aliphatic rings. The number of nitriles is 4. The molecule has 0 atom stereocenters. The highest BCUT2D eigenvalue weighted by atomic mass is 14.3. The van der Waals surface area contributed by atoms with Gasteiger partial charge in [-0.3, -0.25) is 0 Å². The molecule has 2 aromatic rings. The summed E-state index contributed by atoms with van der Waals surface area (Å²) >= 11 is 0. The molecule has 0 bridgehead atoms. The Hall–Kier alpha value is -3.60. The quantitative estimate of drug-likeness (QED) is 0.836. The van der Waals surface area contributed by atoms with Crippen molar-refractivity contribution in [3.8, 4) is 35.4 Å². The molecule has 0 aliphatic carbocycles. The second-order valence-electron chi connectivity index (χ2n) is 4.31. The second kappa shape index (κ2) is 6.03. The Bertz CT molecular complexity index is 868. The van der Waals surface area contributed by atoms with Gasteiger partial charge in [0.05, 0.1) is 35.2 Å². The van der Waals surface area contributed by atoms with Gasteiger partial charge in [-0.1, -0.05) is 24.3 Å². The van der Waals surface area contributed by atoms with Gasteiger partial charge in [-0.05, 0) is 23.3 Å². The molecule has 0 fully saturated rings. The van der Waals surface area contributed by atoms with Crippen molar-refractivity contribution in [3.05, 3.63) is 58.7 Å². The van der Waals surface area contributed by atoms with Crippen LogP contribution in [0.15, 0.2) is 36.4 Å². The molecular formula is C17H8N4. The lowest BCUT2D eigenvalue weighted by Crippen LogP contribution is -1.92. The van der Waals surface area contributed by atoms with Crippen molar-refractivity contribution in [1.82, 2.24) is 0 Å². The van der Waals surface area contributed by atoms with Gasteiger partial charge in [-0.2, -0.15) is 21.0 Å². The van der Waals surface area contributed by atoms with Crippen molar-refractivity contribution in [2.24, 2.45) is 0 Å². The van der Waals surface area contributed by atoms with Crippen LogP contribution in [0.25, 0.3) is 11.1 Å². The van der Waals surface area contributed by atoms with Gasteiger partial charge in [0.25, 0.3) is 0 Å². The highest BCUT2D eigenvalue weighted by molar-refractivity contribution is 5.74. The molecule has 2 rings (SSSR count). The molecule has 0 saturated carbocycles. The van der Waals surface area contributed by atoms with Crippen LogP contribution in [-0.4, -0.2) is 0 Å². The maximum Gasteiger partial charge on any atom is 0.101 e. The summed E-state index contributed by atoms with van der Waals surface area (Å²) in [5, 5.41) is 36.1. The number of nitrogens with zero attached hydrogens (tertiary/aromatic N) is 4. The zero-order valence-corrected chi connectivity index (χ0v) is 11.0. The van der Waals surface area contributed by atoms with Gasteiger partial charge in [-0.15, -0.1) is 0 Å². The maximum absolute atomic E-state index is 9.24. The number of hydrogen-bond donors (Lipinski definition) is 0. The Morgan fingerprint density at radius 3 is 2.05 bits per heavy atom. The Labute approximate surface area is 122 Å². The number of rotatable bonds is 2. The predicted octanol–water partition coefficient (Wildman–Crippen LogP) is 3.03. The van der Waals surface area contributed by atoms with Crippen LogP contribution in [0, 0.1) is 45.3 Å². The average molecular weight is 268 g/mol. The van der Waals surface area contributed by atoms with Gasteiger partial charge >= 0.3 is 0 Å². The highest BCUT2D eigenvalue weighted by Gasteiger charge is 2.11. The second-order valence-corrected chi connectivity index (χ2v) is 4.31. The largest absolute Gasteiger partial charge is 0.198 e. The molecule has 96 valence electrons. The van der Waals surface area contributed by atoms with Crippen LogP contribution in [0.2, 0.25) is 0 Å². The first-order valence-corrected chi connectivity index (χ1v) is 6.08. The molecule has 0 aliphatic heterocycles. The normalized spacial score (nSPS) is 8.95. The molecule has 0 radical (unpaired) electrons. The number of hydrogen-bond acceptors (Lipinski definition) is 4. The first kappa shape index (κ1) is 13.8. The number of benzene rings is 2. The third kappa shape index (κ3) is 2.71. The average Bonchev–Trinajstić information content (AvgIpc) is 2.54. The van der Waals surface area contributed by atoms with Crippen molar-refractivity contribution in [2.45, 2.75) is 6.42 Å². The molecule has 4 nitrogen and oxygen atoms in total. The SMILES string of the molecule is N#CCc1cccc(-c2cc(C#N)c(C#N)cc2C#N)c1. The van der Waals surface area contributed by atoms with E-state index in [-0.39, 0.29) is 17.5 Å². The van der Waals surface area contributed by atoms with E-state index in [1.54, 1.807) is 12.1 Å². The standard InChI is InChI=1S/C17H8N4/c18-5-4-12-2-1-3-13(6-12)17-8-15(10-20)14(9-19)7-16(17)11-21/h1-3,6-8H,4H2. The molecule has 21 heavy (non-hydrogen) atoms. The van der Waals surface area contributed by atoms with Crippen LogP contribution < -0.4 is 0 Å². The third-order valence-electron chi connectivity index (χ3n) is 3.04. The summed E-state index contributed by atoms with van der Waals surface area (Å²) in [6, 6.07) is 18.2. The molecule has 0 heterocycles. The van der Waals surface area contributed by atoms with E-state index in [4.69, 9.17) is 15.8 Å². The summed E-state index contributed by atoms with van der Waals surface area (Å²) in [6.07, 6.45) is 0.275. The fourth-order valence-corrected chi connectivity index (χ4v) is 2.06. The molecule has 4 heteroatoms. The van der Waals surface area contributed by atoms with E-state index in [2.05, 4.69) is 6.07 Å². The summed E-state index contributed by atoms with van der Waals surface area (Å²) in [7, 11) is 0. The first-order valence-electron chi connectivity index (χ1n) is 6.08. The van der Waals surface area contributed by atoms with Gasteiger partial charge in [-0.25, -0.2) is 0 Å². The molecule has 0 spiro atoms. The van der Waals surface area contributed by atoms with E-state index >= 15 is 0 Å². The first-order chi connectivity index (χ1) is 10.2. The molecule has 2 aromatic carbocycles. The van der Waals surface area contributed by atoms with E-state index in [1.807, 2.05) is 36.4 Å². The van der Waals surface area contributed by atoms with Gasteiger partial charge in [0.1, 0.15) is 12.1 Å². The summed E-state index contributed by atoms with van der Waals surface area (Å²) in [5.74, 6) is 0. The van der Waals surface area contributed by atoms with Crippen molar-refractivity contribution >= 4 is 0 Å². The molecule has 0 amide bonds. The summed E-state index contributed by atoms with van der Waals surface area (Å²) in [4.78, 5) is 0. The van der Waals surface area contributed by atoms with Crippen molar-refractivity contribution in [2.75, 3.05) is 0 Å². The van der Waals surface area contributed by atoms with Crippen molar-refractivity contribution in [3.63, 3.8) is 0 Å². The lowest BCUT2D eigenvalue weighted by atomic mass is 9.94. The highest BCUT2D eigenvalue weighted by Crippen LogP contribution is 2.27. The predicted molar refractivity (Wildman–Crippen MR) is 75.3 cm³/mol. The Kier molecular flexibility index (Phi) is 3.97. The monoisotopic (exact) mass is 268 g/mol. The zero-order chi connectivity index (χ0) is 15.2. The van der Waals surface area contributed by atoms with Gasteiger partial charge in [0, 0.05) is 5.56 Å². The summed E-state index contributed by atoms with van der Waals surface area (Å²) in [6.45, 7) is 0. The zero-order valence-electron chi connectivity index (χ0n) is 11.0. The van der Waals surface area contributed by atoms with Crippen LogP contribution in [0.1, 0.15) is 22.3 Å². The minimum atomic E-state index is 0.186. The smallest absolute Gasteiger partial charge is 0.101 e. The third-order valence-corrected chi connectivity index (χ3v) is 3.04. The Morgan fingerprint density at radius 1 is 0.762 bits per heavy atom. The minimum absolute atomic E-state index is 0.186. The summed E-state index contributed by atoms with van der Waals surface area (Å²) < 4.78 is 0. The molecular weight excluding hydrogens is 260 g/mol. The van der Waals surface area contributed by atoms with Crippen molar-refractivity contribution in [1.29, 1.82) is 21.0 Å². The lowest BCUT2D eigenvalue weighted by molar-refractivity contribution is 1.26. The van der Waals surface area contributed by atoms with E-state index in [1.165, 1.54) is 6.07 Å². The van der Waals surface area contributed by atoms with Crippen LogP contribution >= 0.6 is 0 Å². The van der Waals surface area contributed by atoms with Crippen LogP contribution in [0.4, 0.5) is 0 Å². The van der Waals surface area contributed by atoms with E-state index in [0.717, 1.165) is 11.1 Å². The fraction of sp³-hybridized carbons (Fsp3) is 0.0588. The molecule has 0 saturated heterocycles. The van der Waals surface area contributed by atoms with Gasteiger partial charge < -0.3 is 0 Å². The molecule has 0 N–H and O–H groups in total. The van der Waals surface area contributed by atoms with E-state index in [9.17, 15) is 5.26 Å². The van der Waals surface area contributed by atoms with Crippen LogP contribution in [0.3, 0.4) is 0 Å². The Morgan fingerprint density at radius 2 is 1.43 bits per heavy atom. The fourth-order valence-electron chi connectivity index (χ4n) is 2.06. The summed E-state index contributed by atoms with van der Waals surface area (Å²) in [5.41, 5.74) is 2.93. The molecule has 0 unspecified atom stereocenters. The Balaban J connectivity index is 2.67. The van der Waals surface area contributed by atoms with Crippen LogP contribution in [0.5, 0.6) is 0 Å². The van der Waals surface area contributed by atoms with Gasteiger partial charge in [0.15, 0.2) is 0 Å². The molecule has 0 aromatic heterocycles. The van der Waals surface area contributed by atoms with E-state index in [0.29, 0.717) is 11.1 Å². The maximum atomic E-state index is 9.24. The van der Waals surface area contributed by atoms with Crippen molar-refractivity contribution < 1.29 is 0 Å². The van der Waals surface area contributed by atoms with E-state index < -0.39 is 0 Å². The topological polar surface area (TPSA) is 95.2 Å². The van der Waals surface area contributed by atoms with Crippen LogP contribution in [-0.2, 0) is 6.42 Å².